The number of hydrogen-bond donors (Lipinski definition) is 2. The zero-order valence-corrected chi connectivity index (χ0v) is 9.32. The van der Waals surface area contributed by atoms with Gasteiger partial charge in [-0.1, -0.05) is 0 Å². The van der Waals surface area contributed by atoms with Crippen molar-refractivity contribution in [3.05, 3.63) is 53.6 Å². The normalized spacial score (nSPS) is 10.3. The molecule has 7 heteroatoms. The number of aromatic hydroxyl groups is 1. The maximum atomic E-state index is 12.9. The van der Waals surface area contributed by atoms with Crippen molar-refractivity contribution in [2.75, 3.05) is 5.32 Å². The quantitative estimate of drug-likeness (QED) is 0.822. The van der Waals surface area contributed by atoms with E-state index in [1.807, 2.05) is 0 Å². The van der Waals surface area contributed by atoms with Gasteiger partial charge in [-0.25, -0.2) is 18.2 Å². The minimum Gasteiger partial charge on any atom is -0.505 e. The van der Waals surface area contributed by atoms with Crippen LogP contribution in [0.5, 0.6) is 5.75 Å². The maximum absolute atomic E-state index is 12.9. The predicted molar refractivity (Wildman–Crippen MR) is 60.2 cm³/mol. The molecule has 2 rings (SSSR count). The molecule has 1 aromatic heterocycles. The molecule has 0 unspecified atom stereocenters. The first-order valence-corrected chi connectivity index (χ1v) is 5.09. The molecule has 0 aliphatic rings. The van der Waals surface area contributed by atoms with Crippen molar-refractivity contribution in [3.63, 3.8) is 0 Å². The number of carbonyl (C=O) groups excluding carboxylic acids is 1. The van der Waals surface area contributed by atoms with E-state index in [1.54, 1.807) is 0 Å². The van der Waals surface area contributed by atoms with Gasteiger partial charge in [0.1, 0.15) is 5.75 Å². The van der Waals surface area contributed by atoms with Gasteiger partial charge in [-0.05, 0) is 12.1 Å². The molecule has 19 heavy (non-hydrogen) atoms. The lowest BCUT2D eigenvalue weighted by molar-refractivity contribution is 0.101. The number of pyridine rings is 1. The van der Waals surface area contributed by atoms with E-state index in [2.05, 4.69) is 10.3 Å². The molecule has 2 aromatic rings. The van der Waals surface area contributed by atoms with Gasteiger partial charge in [-0.15, -0.1) is 0 Å². The highest BCUT2D eigenvalue weighted by molar-refractivity contribution is 6.04. The Bertz CT molecular complexity index is 624. The van der Waals surface area contributed by atoms with Crippen LogP contribution in [0.1, 0.15) is 10.5 Å². The van der Waals surface area contributed by atoms with E-state index in [0.717, 1.165) is 0 Å². The summed E-state index contributed by atoms with van der Waals surface area (Å²) in [5, 5.41) is 11.5. The molecule has 0 atom stereocenters. The van der Waals surface area contributed by atoms with E-state index >= 15 is 0 Å². The number of rotatable bonds is 2. The predicted octanol–water partition coefficient (Wildman–Crippen LogP) is 2.46. The van der Waals surface area contributed by atoms with Crippen molar-refractivity contribution < 1.29 is 23.1 Å². The molecule has 0 saturated heterocycles. The number of carbonyl (C=O) groups is 1. The van der Waals surface area contributed by atoms with Crippen LogP contribution in [-0.2, 0) is 0 Å². The van der Waals surface area contributed by atoms with Crippen LogP contribution in [-0.4, -0.2) is 16.0 Å². The number of nitrogens with one attached hydrogen (secondary N) is 1. The van der Waals surface area contributed by atoms with Crippen molar-refractivity contribution in [3.8, 4) is 5.75 Å². The van der Waals surface area contributed by atoms with E-state index in [1.165, 1.54) is 18.3 Å². The summed E-state index contributed by atoms with van der Waals surface area (Å²) in [7, 11) is 0. The first kappa shape index (κ1) is 12.9. The summed E-state index contributed by atoms with van der Waals surface area (Å²) in [4.78, 5) is 15.3. The lowest BCUT2D eigenvalue weighted by Gasteiger charge is -2.06. The Morgan fingerprint density at radius 3 is 2.42 bits per heavy atom. The molecule has 0 spiro atoms. The Hall–Kier alpha value is -2.57. The van der Waals surface area contributed by atoms with Crippen molar-refractivity contribution >= 4 is 11.6 Å². The smallest absolute Gasteiger partial charge is 0.278 e. The summed E-state index contributed by atoms with van der Waals surface area (Å²) < 4.78 is 38.6. The first-order valence-electron chi connectivity index (χ1n) is 5.09. The monoisotopic (exact) mass is 268 g/mol. The molecule has 1 aromatic carbocycles. The second-order valence-corrected chi connectivity index (χ2v) is 3.58. The molecule has 0 saturated carbocycles. The summed E-state index contributed by atoms with van der Waals surface area (Å²) in [6, 6.07) is 3.88. The third-order valence-electron chi connectivity index (χ3n) is 2.24. The Kier molecular flexibility index (Phi) is 3.37. The maximum Gasteiger partial charge on any atom is 0.278 e. The molecular weight excluding hydrogens is 261 g/mol. The van der Waals surface area contributed by atoms with Gasteiger partial charge in [0.05, 0.1) is 0 Å². The van der Waals surface area contributed by atoms with Crippen molar-refractivity contribution in [2.24, 2.45) is 0 Å². The largest absolute Gasteiger partial charge is 0.505 e. The molecule has 0 bridgehead atoms. The summed E-state index contributed by atoms with van der Waals surface area (Å²) >= 11 is 0. The number of amides is 1. The third kappa shape index (κ3) is 2.65. The number of halogens is 3. The molecule has 98 valence electrons. The highest BCUT2D eigenvalue weighted by Crippen LogP contribution is 2.19. The summed E-state index contributed by atoms with van der Waals surface area (Å²) in [6.45, 7) is 0. The molecule has 0 aliphatic heterocycles. The van der Waals surface area contributed by atoms with E-state index < -0.39 is 23.4 Å². The molecule has 0 fully saturated rings. The van der Waals surface area contributed by atoms with Gasteiger partial charge in [-0.3, -0.25) is 4.79 Å². The van der Waals surface area contributed by atoms with Crippen LogP contribution in [0.4, 0.5) is 18.9 Å². The highest BCUT2D eigenvalue weighted by atomic mass is 19.2. The number of hydrogen-bond acceptors (Lipinski definition) is 3. The van der Waals surface area contributed by atoms with Crippen LogP contribution in [0.2, 0.25) is 0 Å². The summed E-state index contributed by atoms with van der Waals surface area (Å²) in [5.41, 5.74) is -0.598. The molecule has 1 amide bonds. The lowest BCUT2D eigenvalue weighted by atomic mass is 10.2. The van der Waals surface area contributed by atoms with Crippen molar-refractivity contribution in [1.29, 1.82) is 0 Å². The van der Waals surface area contributed by atoms with Crippen LogP contribution < -0.4 is 5.32 Å². The van der Waals surface area contributed by atoms with Crippen LogP contribution in [0, 0.1) is 17.5 Å². The number of benzene rings is 1. The van der Waals surface area contributed by atoms with Crippen LogP contribution in [0.25, 0.3) is 0 Å². The average molecular weight is 268 g/mol. The van der Waals surface area contributed by atoms with Gasteiger partial charge in [0, 0.05) is 24.0 Å². The van der Waals surface area contributed by atoms with E-state index in [9.17, 15) is 23.1 Å². The summed E-state index contributed by atoms with van der Waals surface area (Å²) in [6.07, 6.45) is 1.26. The van der Waals surface area contributed by atoms with Gasteiger partial charge < -0.3 is 10.4 Å². The van der Waals surface area contributed by atoms with Gasteiger partial charge in [0.2, 0.25) is 0 Å². The van der Waals surface area contributed by atoms with Gasteiger partial charge in [0.25, 0.3) is 5.91 Å². The fraction of sp³-hybridized carbons (Fsp3) is 0. The SMILES string of the molecule is O=C(Nc1cc(F)c(F)c(F)c1)c1ncccc1O. The van der Waals surface area contributed by atoms with Crippen LogP contribution in [0.15, 0.2) is 30.5 Å². The second kappa shape index (κ2) is 4.97. The topological polar surface area (TPSA) is 62.2 Å². The van der Waals surface area contributed by atoms with Gasteiger partial charge in [0.15, 0.2) is 23.1 Å². The third-order valence-corrected chi connectivity index (χ3v) is 2.24. The zero-order valence-electron chi connectivity index (χ0n) is 9.32. The standard InChI is InChI=1S/C12H7F3N2O2/c13-7-4-6(5-8(14)10(7)15)17-12(19)11-9(18)2-1-3-16-11/h1-5,18H,(H,17,19). The molecule has 0 aliphatic carbocycles. The molecule has 0 radical (unpaired) electrons. The molecule has 4 nitrogen and oxygen atoms in total. The molecule has 2 N–H and O–H groups in total. The fourth-order valence-corrected chi connectivity index (χ4v) is 1.39. The zero-order chi connectivity index (χ0) is 14.0. The Morgan fingerprint density at radius 1 is 1.21 bits per heavy atom. The minimum atomic E-state index is -1.63. The van der Waals surface area contributed by atoms with Crippen molar-refractivity contribution in [1.82, 2.24) is 4.98 Å². The van der Waals surface area contributed by atoms with Crippen LogP contribution in [0.3, 0.4) is 0 Å². The van der Waals surface area contributed by atoms with Gasteiger partial charge >= 0.3 is 0 Å². The van der Waals surface area contributed by atoms with Gasteiger partial charge in [-0.2, -0.15) is 0 Å². The minimum absolute atomic E-state index is 0.286. The van der Waals surface area contributed by atoms with E-state index in [0.29, 0.717) is 12.1 Å². The van der Waals surface area contributed by atoms with Crippen molar-refractivity contribution in [2.45, 2.75) is 0 Å². The number of anilines is 1. The fourth-order valence-electron chi connectivity index (χ4n) is 1.39. The number of aromatic nitrogens is 1. The Labute approximate surface area is 105 Å². The van der Waals surface area contributed by atoms with E-state index in [-0.39, 0.29) is 17.1 Å². The van der Waals surface area contributed by atoms with Crippen LogP contribution >= 0.6 is 0 Å². The Morgan fingerprint density at radius 2 is 1.84 bits per heavy atom. The highest BCUT2D eigenvalue weighted by Gasteiger charge is 2.15. The first-order chi connectivity index (χ1) is 8.99. The average Bonchev–Trinajstić information content (AvgIpc) is 2.36. The lowest BCUT2D eigenvalue weighted by Crippen LogP contribution is -2.14. The van der Waals surface area contributed by atoms with E-state index in [4.69, 9.17) is 0 Å². The molecular formula is C12H7F3N2O2. The number of nitrogens with zero attached hydrogens (tertiary/aromatic N) is 1. The Balaban J connectivity index is 2.27. The summed E-state index contributed by atoms with van der Waals surface area (Å²) in [5.74, 6) is -5.74. The second-order valence-electron chi connectivity index (χ2n) is 3.58. The molecule has 1 heterocycles.